The van der Waals surface area contributed by atoms with Crippen LogP contribution in [0, 0.1) is 16.7 Å². The Morgan fingerprint density at radius 3 is 2.61 bits per heavy atom. The number of nitro benzene ring substituents is 1. The Balaban J connectivity index is 1.74. The zero-order chi connectivity index (χ0) is 24.0. The lowest BCUT2D eigenvalue weighted by molar-refractivity contribution is -0.384. The monoisotopic (exact) mass is 465 g/mol. The van der Waals surface area contributed by atoms with Gasteiger partial charge in [0.15, 0.2) is 5.69 Å². The van der Waals surface area contributed by atoms with Gasteiger partial charge in [0.25, 0.3) is 5.69 Å². The number of aryl methyl sites for hydroxylation is 1. The summed E-state index contributed by atoms with van der Waals surface area (Å²) in [5, 5.41) is 14.1. The summed E-state index contributed by atoms with van der Waals surface area (Å²) in [7, 11) is -1.25. The molecule has 0 saturated heterocycles. The van der Waals surface area contributed by atoms with Gasteiger partial charge in [0.2, 0.25) is 5.91 Å². The van der Waals surface area contributed by atoms with Gasteiger partial charge in [0, 0.05) is 45.3 Å². The maximum atomic E-state index is 12.5. The molecule has 0 radical (unpaired) electrons. The number of non-ortho nitro benzene ring substituents is 1. The van der Waals surface area contributed by atoms with Crippen LogP contribution in [-0.2, 0) is 22.7 Å². The third-order valence-electron chi connectivity index (χ3n) is 5.09. The second-order valence-corrected chi connectivity index (χ2v) is 14.6. The molecule has 0 unspecified atom stereocenters. The van der Waals surface area contributed by atoms with Crippen molar-refractivity contribution in [3.05, 3.63) is 69.8 Å². The van der Waals surface area contributed by atoms with Crippen molar-refractivity contribution in [1.29, 1.82) is 0 Å². The Labute approximate surface area is 193 Å². The lowest BCUT2D eigenvalue weighted by Gasteiger charge is -2.16. The highest BCUT2D eigenvalue weighted by atomic mass is 28.3. The molecule has 1 heterocycles. The Kier molecular flexibility index (Phi) is 7.58. The van der Waals surface area contributed by atoms with Crippen molar-refractivity contribution in [3.8, 4) is 0 Å². The second kappa shape index (κ2) is 10.4. The van der Waals surface area contributed by atoms with Crippen LogP contribution in [0.2, 0.25) is 25.7 Å². The molecule has 0 aliphatic rings. The van der Waals surface area contributed by atoms with E-state index >= 15 is 0 Å². The number of amides is 1. The topological polar surface area (TPSA) is 104 Å². The van der Waals surface area contributed by atoms with E-state index in [0.29, 0.717) is 41.3 Å². The predicted octanol–water partition coefficient (Wildman–Crippen LogP) is 5.38. The Hall–Kier alpha value is -3.55. The fraction of sp³-hybridized carbons (Fsp3) is 0.348. The lowest BCUT2D eigenvalue weighted by atomic mass is 10.2. The number of ether oxygens (including phenoxy) is 1. The molecule has 0 spiro atoms. The van der Waals surface area contributed by atoms with Crippen LogP contribution in [0.4, 0.5) is 17.1 Å². The second-order valence-electron chi connectivity index (χ2n) is 8.94. The molecule has 0 atom stereocenters. The molecule has 0 aliphatic heterocycles. The van der Waals surface area contributed by atoms with Gasteiger partial charge in [-0.05, 0) is 24.2 Å². The summed E-state index contributed by atoms with van der Waals surface area (Å²) in [6.45, 7) is 14.6. The van der Waals surface area contributed by atoms with Crippen molar-refractivity contribution in [2.75, 3.05) is 11.9 Å². The van der Waals surface area contributed by atoms with E-state index in [2.05, 4.69) is 34.8 Å². The van der Waals surface area contributed by atoms with E-state index in [9.17, 15) is 14.9 Å². The Bertz CT molecular complexity index is 1190. The van der Waals surface area contributed by atoms with E-state index in [1.54, 1.807) is 30.3 Å². The molecule has 172 valence electrons. The van der Waals surface area contributed by atoms with Gasteiger partial charge in [-0.25, -0.2) is 9.83 Å². The van der Waals surface area contributed by atoms with Gasteiger partial charge in [-0.3, -0.25) is 14.9 Å². The maximum absolute atomic E-state index is 12.5. The zero-order valence-electron chi connectivity index (χ0n) is 19.0. The number of hydrogen-bond donors (Lipinski definition) is 1. The van der Waals surface area contributed by atoms with Crippen LogP contribution in [0.1, 0.15) is 12.2 Å². The summed E-state index contributed by atoms with van der Waals surface area (Å²) in [4.78, 5) is 31.2. The van der Waals surface area contributed by atoms with Gasteiger partial charge < -0.3 is 14.6 Å². The van der Waals surface area contributed by atoms with E-state index in [0.717, 1.165) is 6.04 Å². The standard InChI is InChI=1S/C23H27N5O4Si/c1-24-17-5-7-18(8-6-17)25-23(29)12-11-22-26-20-10-9-19(28(30)31)15-21(20)27(22)16-32-13-14-33(2,3)4/h5-10,15H,11-14,16H2,2-4H3,(H,25,29). The summed E-state index contributed by atoms with van der Waals surface area (Å²) >= 11 is 0. The van der Waals surface area contributed by atoms with Crippen LogP contribution in [0.15, 0.2) is 42.5 Å². The number of anilines is 1. The normalized spacial score (nSPS) is 11.3. The summed E-state index contributed by atoms with van der Waals surface area (Å²) in [6, 6.07) is 12.2. The van der Waals surface area contributed by atoms with Crippen LogP contribution in [0.25, 0.3) is 15.9 Å². The number of nitrogens with one attached hydrogen (secondary N) is 1. The fourth-order valence-corrected chi connectivity index (χ4v) is 3.97. The third-order valence-corrected chi connectivity index (χ3v) is 6.80. The molecule has 1 N–H and O–H groups in total. The van der Waals surface area contributed by atoms with Crippen molar-refractivity contribution < 1.29 is 14.5 Å². The highest BCUT2D eigenvalue weighted by Crippen LogP contribution is 2.23. The molecule has 0 fully saturated rings. The molecule has 0 bridgehead atoms. The van der Waals surface area contributed by atoms with Gasteiger partial charge in [0.1, 0.15) is 12.6 Å². The SMILES string of the molecule is [C-]#[N+]c1ccc(NC(=O)CCc2nc3ccc([N+](=O)[O-])cc3n2COCC[Si](C)(C)C)cc1. The number of carbonyl (C=O) groups excluding carboxylic acids is 1. The minimum Gasteiger partial charge on any atom is -0.361 e. The van der Waals surface area contributed by atoms with Crippen LogP contribution < -0.4 is 5.32 Å². The molecule has 0 aliphatic carbocycles. The van der Waals surface area contributed by atoms with Crippen molar-refractivity contribution in [1.82, 2.24) is 9.55 Å². The average molecular weight is 466 g/mol. The van der Waals surface area contributed by atoms with Gasteiger partial charge in [-0.15, -0.1) is 0 Å². The quantitative estimate of drug-likeness (QED) is 0.142. The molecule has 1 aromatic heterocycles. The zero-order valence-corrected chi connectivity index (χ0v) is 20.0. The molecule has 2 aromatic carbocycles. The first-order valence-corrected chi connectivity index (χ1v) is 14.4. The molecule has 3 rings (SSSR count). The molecule has 1 amide bonds. The van der Waals surface area contributed by atoms with E-state index in [1.807, 2.05) is 4.57 Å². The number of benzene rings is 2. The molecular weight excluding hydrogens is 438 g/mol. The van der Waals surface area contributed by atoms with Crippen LogP contribution >= 0.6 is 0 Å². The molecule has 33 heavy (non-hydrogen) atoms. The number of rotatable bonds is 10. The third kappa shape index (κ3) is 6.71. The lowest BCUT2D eigenvalue weighted by Crippen LogP contribution is -2.22. The van der Waals surface area contributed by atoms with Gasteiger partial charge >= 0.3 is 0 Å². The van der Waals surface area contributed by atoms with E-state index < -0.39 is 13.0 Å². The number of aromatic nitrogens is 2. The highest BCUT2D eigenvalue weighted by molar-refractivity contribution is 6.76. The smallest absolute Gasteiger partial charge is 0.271 e. The minimum absolute atomic E-state index is 0.0158. The summed E-state index contributed by atoms with van der Waals surface area (Å²) in [6.07, 6.45) is 0.538. The summed E-state index contributed by atoms with van der Waals surface area (Å²) in [5.74, 6) is 0.451. The number of nitro groups is 1. The molecular formula is C23H27N5O4Si. The van der Waals surface area contributed by atoms with Gasteiger partial charge in [-0.1, -0.05) is 31.8 Å². The highest BCUT2D eigenvalue weighted by Gasteiger charge is 2.17. The number of nitrogens with zero attached hydrogens (tertiary/aromatic N) is 4. The van der Waals surface area contributed by atoms with E-state index in [4.69, 9.17) is 11.3 Å². The minimum atomic E-state index is -1.25. The summed E-state index contributed by atoms with van der Waals surface area (Å²) < 4.78 is 7.70. The predicted molar refractivity (Wildman–Crippen MR) is 130 cm³/mol. The van der Waals surface area contributed by atoms with Crippen LogP contribution in [0.3, 0.4) is 0 Å². The molecule has 3 aromatic rings. The fourth-order valence-electron chi connectivity index (χ4n) is 3.21. The van der Waals surface area contributed by atoms with Crippen LogP contribution in [0.5, 0.6) is 0 Å². The number of hydrogen-bond acceptors (Lipinski definition) is 5. The first kappa shape index (κ1) is 24.1. The number of fused-ring (bicyclic) bond motifs is 1. The molecule has 9 nitrogen and oxygen atoms in total. The summed E-state index contributed by atoms with van der Waals surface area (Å²) in [5.41, 5.74) is 2.34. The molecule has 10 heteroatoms. The van der Waals surface area contributed by atoms with Gasteiger partial charge in [0.05, 0.1) is 22.5 Å². The first-order valence-electron chi connectivity index (χ1n) is 10.6. The Morgan fingerprint density at radius 1 is 1.24 bits per heavy atom. The van der Waals surface area contributed by atoms with Crippen LogP contribution in [-0.4, -0.2) is 35.1 Å². The van der Waals surface area contributed by atoms with Crippen molar-refractivity contribution in [2.45, 2.75) is 45.3 Å². The number of carbonyl (C=O) groups is 1. The van der Waals surface area contributed by atoms with E-state index in [-0.39, 0.29) is 24.7 Å². The van der Waals surface area contributed by atoms with Crippen molar-refractivity contribution in [2.24, 2.45) is 0 Å². The largest absolute Gasteiger partial charge is 0.361 e. The number of imidazole rings is 1. The Morgan fingerprint density at radius 2 is 1.97 bits per heavy atom. The van der Waals surface area contributed by atoms with Crippen molar-refractivity contribution in [3.63, 3.8) is 0 Å². The van der Waals surface area contributed by atoms with E-state index in [1.165, 1.54) is 12.1 Å². The average Bonchev–Trinajstić information content (AvgIpc) is 3.11. The first-order chi connectivity index (χ1) is 15.7. The molecule has 0 saturated carbocycles. The van der Waals surface area contributed by atoms with Crippen molar-refractivity contribution >= 4 is 42.1 Å². The maximum Gasteiger partial charge on any atom is 0.271 e. The van der Waals surface area contributed by atoms with Gasteiger partial charge in [-0.2, -0.15) is 0 Å².